The van der Waals surface area contributed by atoms with Gasteiger partial charge < -0.3 is 14.2 Å². The van der Waals surface area contributed by atoms with Crippen LogP contribution in [0.1, 0.15) is 27.6 Å². The second kappa shape index (κ2) is 10.2. The molecule has 0 saturated heterocycles. The van der Waals surface area contributed by atoms with Crippen molar-refractivity contribution in [3.05, 3.63) is 58.6 Å². The lowest BCUT2D eigenvalue weighted by Gasteiger charge is -2.13. The van der Waals surface area contributed by atoms with Crippen LogP contribution in [0.3, 0.4) is 0 Å². The first-order chi connectivity index (χ1) is 13.5. The number of carbonyl (C=O) groups is 3. The van der Waals surface area contributed by atoms with Gasteiger partial charge in [-0.25, -0.2) is 4.79 Å². The maximum Gasteiger partial charge on any atom is 0.338 e. The highest BCUT2D eigenvalue weighted by molar-refractivity contribution is 6.32. The van der Waals surface area contributed by atoms with Gasteiger partial charge in [0.25, 0.3) is 11.8 Å². The van der Waals surface area contributed by atoms with Gasteiger partial charge in [0, 0.05) is 5.56 Å². The first-order valence-electron chi connectivity index (χ1n) is 8.28. The average molecular weight is 407 g/mol. The molecule has 2 rings (SSSR count). The molecule has 0 heterocycles. The summed E-state index contributed by atoms with van der Waals surface area (Å²) in [5.41, 5.74) is 4.85. The van der Waals surface area contributed by atoms with Crippen molar-refractivity contribution in [3.63, 3.8) is 0 Å². The number of nitrogens with one attached hydrogen (secondary N) is 2. The van der Waals surface area contributed by atoms with Crippen LogP contribution in [0, 0.1) is 0 Å². The number of benzene rings is 2. The largest absolute Gasteiger partial charge is 0.493 e. The van der Waals surface area contributed by atoms with Gasteiger partial charge in [0.2, 0.25) is 0 Å². The van der Waals surface area contributed by atoms with Crippen molar-refractivity contribution in [2.45, 2.75) is 6.92 Å². The lowest BCUT2D eigenvalue weighted by molar-refractivity contribution is -0.125. The molecular weight excluding hydrogens is 388 g/mol. The molecule has 0 aliphatic carbocycles. The van der Waals surface area contributed by atoms with Crippen molar-refractivity contribution in [2.75, 3.05) is 20.3 Å². The maximum atomic E-state index is 12.2. The molecule has 9 heteroatoms. The summed E-state index contributed by atoms with van der Waals surface area (Å²) in [6.45, 7) is 1.56. The summed E-state index contributed by atoms with van der Waals surface area (Å²) in [4.78, 5) is 35.8. The molecule has 28 heavy (non-hydrogen) atoms. The number of hydrogen-bond acceptors (Lipinski definition) is 6. The van der Waals surface area contributed by atoms with E-state index in [4.69, 9.17) is 25.8 Å². The average Bonchev–Trinajstić information content (AvgIpc) is 2.72. The van der Waals surface area contributed by atoms with Crippen molar-refractivity contribution in [3.8, 4) is 11.5 Å². The van der Waals surface area contributed by atoms with Crippen molar-refractivity contribution < 1.29 is 28.6 Å². The Hall–Kier alpha value is -3.26. The van der Waals surface area contributed by atoms with Gasteiger partial charge in [0.05, 0.1) is 24.3 Å². The summed E-state index contributed by atoms with van der Waals surface area (Å²) in [5, 5.41) is 0.174. The fourth-order valence-electron chi connectivity index (χ4n) is 2.16. The number of ether oxygens (including phenoxy) is 3. The van der Waals surface area contributed by atoms with Gasteiger partial charge in [-0.1, -0.05) is 29.8 Å². The van der Waals surface area contributed by atoms with Crippen LogP contribution in [0.2, 0.25) is 5.02 Å². The van der Waals surface area contributed by atoms with E-state index >= 15 is 0 Å². The quantitative estimate of drug-likeness (QED) is 0.540. The van der Waals surface area contributed by atoms with E-state index in [-0.39, 0.29) is 16.3 Å². The van der Waals surface area contributed by atoms with Crippen LogP contribution in [0.5, 0.6) is 11.5 Å². The number of hydrazine groups is 1. The molecule has 0 spiro atoms. The molecule has 2 aromatic carbocycles. The summed E-state index contributed by atoms with van der Waals surface area (Å²) in [6.07, 6.45) is 0. The van der Waals surface area contributed by atoms with Crippen molar-refractivity contribution >= 4 is 29.4 Å². The monoisotopic (exact) mass is 406 g/mol. The van der Waals surface area contributed by atoms with Crippen LogP contribution in [-0.2, 0) is 9.53 Å². The van der Waals surface area contributed by atoms with Crippen LogP contribution in [-0.4, -0.2) is 38.1 Å². The van der Waals surface area contributed by atoms with Gasteiger partial charge in [-0.2, -0.15) is 0 Å². The van der Waals surface area contributed by atoms with Crippen LogP contribution >= 0.6 is 11.6 Å². The number of methoxy groups -OCH3 is 1. The zero-order valence-corrected chi connectivity index (χ0v) is 16.0. The van der Waals surface area contributed by atoms with Crippen LogP contribution in [0.25, 0.3) is 0 Å². The second-order valence-corrected chi connectivity index (χ2v) is 5.77. The van der Waals surface area contributed by atoms with Crippen molar-refractivity contribution in [1.29, 1.82) is 0 Å². The van der Waals surface area contributed by atoms with Crippen LogP contribution < -0.4 is 20.3 Å². The Morgan fingerprint density at radius 1 is 1.04 bits per heavy atom. The Labute approximate surface area is 166 Å². The predicted octanol–water partition coefficient (Wildman–Crippen LogP) is 2.37. The summed E-state index contributed by atoms with van der Waals surface area (Å²) >= 11 is 6.10. The number of amides is 2. The number of rotatable bonds is 7. The highest BCUT2D eigenvalue weighted by atomic mass is 35.5. The molecule has 0 unspecified atom stereocenters. The summed E-state index contributed by atoms with van der Waals surface area (Å²) < 4.78 is 15.5. The SMILES string of the molecule is CCOc1c(Cl)cc(C(=O)OCC(=O)NNC(=O)c2ccccc2)cc1OC. The van der Waals surface area contributed by atoms with E-state index in [9.17, 15) is 14.4 Å². The lowest BCUT2D eigenvalue weighted by Crippen LogP contribution is -2.43. The van der Waals surface area contributed by atoms with E-state index in [1.165, 1.54) is 19.2 Å². The van der Waals surface area contributed by atoms with Crippen molar-refractivity contribution in [2.24, 2.45) is 0 Å². The Kier molecular flexibility index (Phi) is 7.65. The number of halogens is 1. The zero-order chi connectivity index (χ0) is 20.5. The fourth-order valence-corrected chi connectivity index (χ4v) is 2.43. The minimum Gasteiger partial charge on any atom is -0.493 e. The topological polar surface area (TPSA) is 103 Å². The van der Waals surface area contributed by atoms with Gasteiger partial charge in [-0.05, 0) is 31.2 Å². The fraction of sp³-hybridized carbons (Fsp3) is 0.211. The summed E-state index contributed by atoms with van der Waals surface area (Å²) in [7, 11) is 1.41. The van der Waals surface area contributed by atoms with Gasteiger partial charge in [-0.15, -0.1) is 0 Å². The molecule has 2 aromatic rings. The smallest absolute Gasteiger partial charge is 0.338 e. The molecule has 0 saturated carbocycles. The Bertz CT molecular complexity index is 857. The van der Waals surface area contributed by atoms with Gasteiger partial charge >= 0.3 is 5.97 Å². The second-order valence-electron chi connectivity index (χ2n) is 5.37. The van der Waals surface area contributed by atoms with Gasteiger partial charge in [0.1, 0.15) is 0 Å². The summed E-state index contributed by atoms with van der Waals surface area (Å²) in [6, 6.07) is 11.1. The molecule has 0 atom stereocenters. The molecule has 8 nitrogen and oxygen atoms in total. The standard InChI is InChI=1S/C19H19ClN2O6/c1-3-27-17-14(20)9-13(10-15(17)26-2)19(25)28-11-16(23)21-22-18(24)12-7-5-4-6-8-12/h4-10H,3,11H2,1-2H3,(H,21,23)(H,22,24). The molecule has 0 aromatic heterocycles. The Morgan fingerprint density at radius 3 is 2.39 bits per heavy atom. The van der Waals surface area contributed by atoms with E-state index in [1.54, 1.807) is 37.3 Å². The maximum absolute atomic E-state index is 12.2. The third-order valence-electron chi connectivity index (χ3n) is 3.44. The molecular formula is C19H19ClN2O6. The normalized spacial score (nSPS) is 9.96. The molecule has 0 aliphatic heterocycles. The Morgan fingerprint density at radius 2 is 1.75 bits per heavy atom. The van der Waals surface area contributed by atoms with E-state index in [0.717, 1.165) is 0 Å². The van der Waals surface area contributed by atoms with E-state index in [2.05, 4.69) is 10.9 Å². The predicted molar refractivity (Wildman–Crippen MR) is 102 cm³/mol. The third-order valence-corrected chi connectivity index (χ3v) is 3.72. The van der Waals surface area contributed by atoms with Crippen molar-refractivity contribution in [1.82, 2.24) is 10.9 Å². The molecule has 148 valence electrons. The van der Waals surface area contributed by atoms with Crippen LogP contribution in [0.15, 0.2) is 42.5 Å². The zero-order valence-electron chi connectivity index (χ0n) is 15.3. The first kappa shape index (κ1) is 21.0. The number of hydrogen-bond donors (Lipinski definition) is 2. The van der Waals surface area contributed by atoms with Gasteiger partial charge in [-0.3, -0.25) is 20.4 Å². The molecule has 0 fully saturated rings. The van der Waals surface area contributed by atoms with E-state index in [1.807, 2.05) is 0 Å². The molecule has 2 amide bonds. The highest BCUT2D eigenvalue weighted by Crippen LogP contribution is 2.36. The minimum absolute atomic E-state index is 0.0893. The number of carbonyl (C=O) groups excluding carboxylic acids is 3. The first-order valence-corrected chi connectivity index (χ1v) is 8.65. The highest BCUT2D eigenvalue weighted by Gasteiger charge is 2.17. The molecule has 0 bridgehead atoms. The molecule has 0 aliphatic rings. The lowest BCUT2D eigenvalue weighted by atomic mass is 10.2. The molecule has 0 radical (unpaired) electrons. The molecule has 2 N–H and O–H groups in total. The van der Waals surface area contributed by atoms with Crippen LogP contribution in [0.4, 0.5) is 0 Å². The minimum atomic E-state index is -0.784. The summed E-state index contributed by atoms with van der Waals surface area (Å²) in [5.74, 6) is -1.41. The van der Waals surface area contributed by atoms with Gasteiger partial charge in [0.15, 0.2) is 18.1 Å². The van der Waals surface area contributed by atoms with E-state index < -0.39 is 24.4 Å². The van der Waals surface area contributed by atoms with E-state index in [0.29, 0.717) is 17.9 Å². The third kappa shape index (κ3) is 5.62. The Balaban J connectivity index is 1.90. The number of esters is 1.